The van der Waals surface area contributed by atoms with Gasteiger partial charge in [0, 0.05) is 30.4 Å². The standard InChI is InChI=1S/C37H38F2N4O4.ClH/c1-3-4-19-46-36(45)30-22-42(21-29-31(38)11-8-12-32(29)39)37-40-34(27-15-17-28(18-16-27)47-24-26-13-14-26)33(43(37)35(30)44)23-41(2)20-25-9-6-5-7-10-25;/h5-12,15-18,22,26H,3-4,13-14,19-21,23-24H2,1-2H3;1H. The third-order valence-electron chi connectivity index (χ3n) is 8.30. The van der Waals surface area contributed by atoms with E-state index in [0.717, 1.165) is 23.3 Å². The van der Waals surface area contributed by atoms with E-state index < -0.39 is 23.2 Å². The number of ether oxygens (including phenoxy) is 2. The van der Waals surface area contributed by atoms with Crippen molar-refractivity contribution in [1.82, 2.24) is 18.9 Å². The third kappa shape index (κ3) is 7.94. The van der Waals surface area contributed by atoms with Crippen molar-refractivity contribution in [1.29, 1.82) is 0 Å². The van der Waals surface area contributed by atoms with Crippen molar-refractivity contribution >= 4 is 24.2 Å². The highest BCUT2D eigenvalue weighted by Gasteiger charge is 2.26. The van der Waals surface area contributed by atoms with Gasteiger partial charge in [0.25, 0.3) is 5.56 Å². The van der Waals surface area contributed by atoms with Crippen molar-refractivity contribution in [2.75, 3.05) is 20.3 Å². The minimum absolute atomic E-state index is 0. The number of aromatic nitrogens is 3. The van der Waals surface area contributed by atoms with Gasteiger partial charge in [-0.1, -0.05) is 49.7 Å². The molecule has 5 aromatic rings. The minimum Gasteiger partial charge on any atom is -0.493 e. The van der Waals surface area contributed by atoms with Crippen LogP contribution in [0.25, 0.3) is 17.0 Å². The summed E-state index contributed by atoms with van der Waals surface area (Å²) in [7, 11) is 1.93. The fourth-order valence-electron chi connectivity index (χ4n) is 5.52. The summed E-state index contributed by atoms with van der Waals surface area (Å²) >= 11 is 0. The quantitative estimate of drug-likeness (QED) is 0.0909. The third-order valence-corrected chi connectivity index (χ3v) is 8.30. The highest BCUT2D eigenvalue weighted by Crippen LogP contribution is 2.31. The first-order valence-corrected chi connectivity index (χ1v) is 16.0. The van der Waals surface area contributed by atoms with E-state index in [-0.39, 0.29) is 49.0 Å². The highest BCUT2D eigenvalue weighted by molar-refractivity contribution is 5.89. The maximum absolute atomic E-state index is 14.9. The van der Waals surface area contributed by atoms with Gasteiger partial charge in [0.1, 0.15) is 22.9 Å². The van der Waals surface area contributed by atoms with Crippen LogP contribution in [0.1, 0.15) is 59.8 Å². The molecule has 0 unspecified atom stereocenters. The molecule has 11 heteroatoms. The van der Waals surface area contributed by atoms with E-state index in [1.54, 1.807) is 0 Å². The number of nitrogens with zero attached hydrogens (tertiary/aromatic N) is 4. The summed E-state index contributed by atoms with van der Waals surface area (Å²) in [5.74, 6) is -0.804. The van der Waals surface area contributed by atoms with Gasteiger partial charge in [0.05, 0.1) is 31.1 Å². The van der Waals surface area contributed by atoms with Crippen molar-refractivity contribution in [3.8, 4) is 17.0 Å². The number of esters is 1. The average molecular weight is 677 g/mol. The highest BCUT2D eigenvalue weighted by atomic mass is 35.5. The van der Waals surface area contributed by atoms with Gasteiger partial charge < -0.3 is 14.0 Å². The van der Waals surface area contributed by atoms with Crippen LogP contribution in [0.15, 0.2) is 83.8 Å². The van der Waals surface area contributed by atoms with Gasteiger partial charge >= 0.3 is 5.97 Å². The molecule has 0 bridgehead atoms. The first-order chi connectivity index (χ1) is 22.8. The molecule has 2 heterocycles. The van der Waals surface area contributed by atoms with Gasteiger partial charge in [-0.05, 0) is 74.2 Å². The van der Waals surface area contributed by atoms with Crippen molar-refractivity contribution in [2.24, 2.45) is 5.92 Å². The molecule has 1 saturated carbocycles. The molecule has 0 aliphatic heterocycles. The second kappa shape index (κ2) is 15.6. The van der Waals surface area contributed by atoms with Crippen molar-refractivity contribution in [3.05, 3.63) is 123 Å². The second-order valence-electron chi connectivity index (χ2n) is 12.1. The monoisotopic (exact) mass is 676 g/mol. The number of halogens is 3. The van der Waals surface area contributed by atoms with E-state index in [2.05, 4.69) is 0 Å². The lowest BCUT2D eigenvalue weighted by Gasteiger charge is -2.18. The van der Waals surface area contributed by atoms with Crippen molar-refractivity contribution in [3.63, 3.8) is 0 Å². The van der Waals surface area contributed by atoms with E-state index in [4.69, 9.17) is 14.5 Å². The lowest BCUT2D eigenvalue weighted by Crippen LogP contribution is -2.29. The Bertz CT molecular complexity index is 1900. The van der Waals surface area contributed by atoms with Gasteiger partial charge in [0.2, 0.25) is 5.78 Å². The Labute approximate surface area is 284 Å². The Morgan fingerprint density at radius 1 is 0.979 bits per heavy atom. The number of benzene rings is 3. The Hall–Kier alpha value is -4.54. The zero-order chi connectivity index (χ0) is 32.9. The molecule has 3 aromatic carbocycles. The second-order valence-corrected chi connectivity index (χ2v) is 12.1. The van der Waals surface area contributed by atoms with E-state index in [9.17, 15) is 18.4 Å². The summed E-state index contributed by atoms with van der Waals surface area (Å²) in [6, 6.07) is 21.1. The number of imidazole rings is 1. The van der Waals surface area contributed by atoms with Gasteiger partial charge in [-0.2, -0.15) is 0 Å². The van der Waals surface area contributed by atoms with E-state index in [1.807, 2.05) is 73.5 Å². The summed E-state index contributed by atoms with van der Waals surface area (Å²) in [4.78, 5) is 34.4. The van der Waals surface area contributed by atoms with Crippen LogP contribution in [0, 0.1) is 17.6 Å². The average Bonchev–Trinajstić information content (AvgIpc) is 3.83. The number of carbonyl (C=O) groups excluding carboxylic acids is 1. The Kier molecular flexibility index (Phi) is 11.3. The SMILES string of the molecule is CCCCOC(=O)c1cn(Cc2c(F)cccc2F)c2nc(-c3ccc(OCC4CC4)cc3)c(CN(C)Cc3ccccc3)n2c1=O.Cl. The molecule has 0 N–H and O–H groups in total. The minimum atomic E-state index is -0.802. The van der Waals surface area contributed by atoms with Crippen LogP contribution < -0.4 is 10.3 Å². The molecule has 6 rings (SSSR count). The molecular formula is C37H39ClF2N4O4. The molecule has 0 amide bonds. The topological polar surface area (TPSA) is 78.1 Å². The molecule has 0 saturated heterocycles. The molecule has 48 heavy (non-hydrogen) atoms. The number of rotatable bonds is 14. The van der Waals surface area contributed by atoms with Gasteiger partial charge in [-0.15, -0.1) is 12.4 Å². The zero-order valence-electron chi connectivity index (χ0n) is 27.0. The van der Waals surface area contributed by atoms with Crippen LogP contribution in [-0.4, -0.2) is 45.1 Å². The van der Waals surface area contributed by atoms with Gasteiger partial charge in [-0.3, -0.25) is 9.69 Å². The number of unbranched alkanes of at least 4 members (excludes halogenated alkanes) is 1. The lowest BCUT2D eigenvalue weighted by atomic mass is 10.1. The fourth-order valence-corrected chi connectivity index (χ4v) is 5.52. The molecule has 1 fully saturated rings. The molecule has 8 nitrogen and oxygen atoms in total. The van der Waals surface area contributed by atoms with Crippen LogP contribution in [0.4, 0.5) is 8.78 Å². The largest absolute Gasteiger partial charge is 0.493 e. The predicted molar refractivity (Wildman–Crippen MR) is 183 cm³/mol. The first-order valence-electron chi connectivity index (χ1n) is 16.0. The molecule has 252 valence electrons. The predicted octanol–water partition coefficient (Wildman–Crippen LogP) is 7.29. The molecule has 2 aromatic heterocycles. The number of hydrogen-bond donors (Lipinski definition) is 0. The summed E-state index contributed by atoms with van der Waals surface area (Å²) in [5.41, 5.74) is 1.77. The normalized spacial score (nSPS) is 12.7. The molecule has 0 atom stereocenters. The summed E-state index contributed by atoms with van der Waals surface area (Å²) in [6.45, 7) is 3.34. The van der Waals surface area contributed by atoms with Crippen molar-refractivity contribution < 1.29 is 23.0 Å². The van der Waals surface area contributed by atoms with Crippen LogP contribution in [0.5, 0.6) is 5.75 Å². The molecular weight excluding hydrogens is 638 g/mol. The first kappa shape index (κ1) is 34.8. The van der Waals surface area contributed by atoms with Crippen LogP contribution in [-0.2, 0) is 24.4 Å². The molecule has 1 aliphatic carbocycles. The van der Waals surface area contributed by atoms with Gasteiger partial charge in [-0.25, -0.2) is 23.0 Å². The Morgan fingerprint density at radius 2 is 1.69 bits per heavy atom. The van der Waals surface area contributed by atoms with Crippen LogP contribution in [0.3, 0.4) is 0 Å². The number of hydrogen-bond acceptors (Lipinski definition) is 6. The summed E-state index contributed by atoms with van der Waals surface area (Å²) in [6.07, 6.45) is 5.09. The summed E-state index contributed by atoms with van der Waals surface area (Å²) < 4.78 is 44.0. The van der Waals surface area contributed by atoms with E-state index in [0.29, 0.717) is 36.9 Å². The van der Waals surface area contributed by atoms with Crippen LogP contribution >= 0.6 is 12.4 Å². The van der Waals surface area contributed by atoms with Crippen LogP contribution in [0.2, 0.25) is 0 Å². The fraction of sp³-hybridized carbons (Fsp3) is 0.324. The Morgan fingerprint density at radius 3 is 2.35 bits per heavy atom. The number of carbonyl (C=O) groups is 1. The zero-order valence-corrected chi connectivity index (χ0v) is 27.8. The maximum Gasteiger partial charge on any atom is 0.345 e. The van der Waals surface area contributed by atoms with Gasteiger partial charge in [0.15, 0.2) is 0 Å². The summed E-state index contributed by atoms with van der Waals surface area (Å²) in [5, 5.41) is 0. The maximum atomic E-state index is 14.9. The van der Waals surface area contributed by atoms with Crippen molar-refractivity contribution in [2.45, 2.75) is 52.2 Å². The molecule has 1 aliphatic rings. The van der Waals surface area contributed by atoms with E-state index >= 15 is 0 Å². The molecule has 0 radical (unpaired) electrons. The molecule has 0 spiro atoms. The van der Waals surface area contributed by atoms with E-state index in [1.165, 1.54) is 46.2 Å². The smallest absolute Gasteiger partial charge is 0.345 e. The lowest BCUT2D eigenvalue weighted by molar-refractivity contribution is 0.0496. The number of fused-ring (bicyclic) bond motifs is 1. The Balaban J connectivity index is 0.00000451.